The molecule has 0 amide bonds. The first-order valence-corrected chi connectivity index (χ1v) is 2.84. The molecule has 0 spiro atoms. The summed E-state index contributed by atoms with van der Waals surface area (Å²) in [6.45, 7) is 0. The molecule has 4 nitrogen and oxygen atoms in total. The lowest BCUT2D eigenvalue weighted by Crippen LogP contribution is -1.99. The van der Waals surface area contributed by atoms with E-state index in [2.05, 4.69) is 10.4 Å². The van der Waals surface area contributed by atoms with Gasteiger partial charge >= 0.3 is 0 Å². The summed E-state index contributed by atoms with van der Waals surface area (Å²) < 4.78 is 1.64. The highest BCUT2D eigenvalue weighted by Crippen LogP contribution is 1.82. The molecule has 0 unspecified atom stereocenters. The van der Waals surface area contributed by atoms with Crippen LogP contribution in [0.3, 0.4) is 0 Å². The first kappa shape index (κ1) is 6.54. The monoisotopic (exact) mass is 136 g/mol. The first-order chi connectivity index (χ1) is 4.93. The minimum atomic E-state index is 1.10. The van der Waals surface area contributed by atoms with Crippen LogP contribution in [0.15, 0.2) is 24.7 Å². The molecule has 10 heavy (non-hydrogen) atoms. The second-order valence-electron chi connectivity index (χ2n) is 1.61. The van der Waals surface area contributed by atoms with Gasteiger partial charge in [-0.05, 0) is 6.07 Å². The van der Waals surface area contributed by atoms with E-state index in [1.165, 1.54) is 0 Å². The fraction of sp³-hybridized carbons (Fsp3) is 0. The summed E-state index contributed by atoms with van der Waals surface area (Å²) in [5.41, 5.74) is 0. The summed E-state index contributed by atoms with van der Waals surface area (Å²) in [5.74, 6) is 0. The van der Waals surface area contributed by atoms with E-state index in [0.717, 1.165) is 6.34 Å². The predicted octanol–water partition coefficient (Wildman–Crippen LogP) is 0.508. The van der Waals surface area contributed by atoms with Crippen LogP contribution in [-0.2, 0) is 0 Å². The van der Waals surface area contributed by atoms with Gasteiger partial charge in [-0.1, -0.05) is 0 Å². The molecule has 0 aliphatic rings. The molecular formula is C6H8N4. The second kappa shape index (κ2) is 3.45. The standard InChI is InChI=1S/C6H8N4/c7-6-8-3-5-10-4-1-2-9-10/h1-6H,(H2,7,8)/b5-3-. The largest absolute Gasteiger partial charge is 0.352 e. The van der Waals surface area contributed by atoms with Crippen molar-refractivity contribution in [3.63, 3.8) is 0 Å². The van der Waals surface area contributed by atoms with Crippen molar-refractivity contribution in [2.45, 2.75) is 0 Å². The molecule has 52 valence electrons. The zero-order chi connectivity index (χ0) is 7.23. The maximum absolute atomic E-state index is 6.61. The van der Waals surface area contributed by atoms with E-state index in [4.69, 9.17) is 5.41 Å². The Morgan fingerprint density at radius 1 is 1.60 bits per heavy atom. The third kappa shape index (κ3) is 1.74. The Balaban J connectivity index is 2.47. The van der Waals surface area contributed by atoms with E-state index in [1.807, 2.05) is 12.3 Å². The Hall–Kier alpha value is -1.58. The zero-order valence-corrected chi connectivity index (χ0v) is 5.36. The van der Waals surface area contributed by atoms with Crippen LogP contribution in [0.1, 0.15) is 0 Å². The van der Waals surface area contributed by atoms with Gasteiger partial charge < -0.3 is 5.32 Å². The van der Waals surface area contributed by atoms with Gasteiger partial charge in [-0.3, -0.25) is 5.41 Å². The third-order valence-electron chi connectivity index (χ3n) is 0.932. The van der Waals surface area contributed by atoms with Gasteiger partial charge in [-0.25, -0.2) is 4.68 Å². The van der Waals surface area contributed by atoms with Crippen molar-refractivity contribution >= 4 is 12.5 Å². The number of rotatable bonds is 3. The van der Waals surface area contributed by atoms with E-state index >= 15 is 0 Å². The van der Waals surface area contributed by atoms with Crippen molar-refractivity contribution in [1.29, 1.82) is 5.41 Å². The van der Waals surface area contributed by atoms with Crippen molar-refractivity contribution in [3.05, 3.63) is 24.7 Å². The van der Waals surface area contributed by atoms with E-state index in [-0.39, 0.29) is 0 Å². The quantitative estimate of drug-likeness (QED) is 0.470. The lowest BCUT2D eigenvalue weighted by atomic mass is 10.7. The number of nitrogens with zero attached hydrogens (tertiary/aromatic N) is 2. The van der Waals surface area contributed by atoms with Crippen molar-refractivity contribution in [2.75, 3.05) is 0 Å². The van der Waals surface area contributed by atoms with Crippen molar-refractivity contribution in [2.24, 2.45) is 0 Å². The number of nitrogens with one attached hydrogen (secondary N) is 2. The average Bonchev–Trinajstić information content (AvgIpc) is 2.41. The van der Waals surface area contributed by atoms with Crippen LogP contribution in [0, 0.1) is 5.41 Å². The lowest BCUT2D eigenvalue weighted by molar-refractivity contribution is 0.930. The Morgan fingerprint density at radius 3 is 3.10 bits per heavy atom. The Morgan fingerprint density at radius 2 is 2.50 bits per heavy atom. The van der Waals surface area contributed by atoms with Crippen LogP contribution in [0.5, 0.6) is 0 Å². The van der Waals surface area contributed by atoms with Gasteiger partial charge in [0.05, 0.1) is 6.34 Å². The van der Waals surface area contributed by atoms with E-state index in [0.29, 0.717) is 0 Å². The van der Waals surface area contributed by atoms with Crippen molar-refractivity contribution in [1.82, 2.24) is 15.1 Å². The van der Waals surface area contributed by atoms with E-state index < -0.39 is 0 Å². The molecule has 0 bridgehead atoms. The molecule has 1 heterocycles. The lowest BCUT2D eigenvalue weighted by Gasteiger charge is -1.88. The maximum atomic E-state index is 6.61. The molecule has 0 radical (unpaired) electrons. The highest BCUT2D eigenvalue weighted by Gasteiger charge is 1.77. The number of aromatic nitrogens is 2. The molecule has 0 fully saturated rings. The summed E-state index contributed by atoms with van der Waals surface area (Å²) in [6, 6.07) is 1.83. The molecule has 0 saturated carbocycles. The fourth-order valence-electron chi connectivity index (χ4n) is 0.536. The normalized spacial score (nSPS) is 10.0. The molecule has 0 saturated heterocycles. The van der Waals surface area contributed by atoms with Gasteiger partial charge in [0.15, 0.2) is 0 Å². The summed E-state index contributed by atoms with van der Waals surface area (Å²) in [6.07, 6.45) is 7.93. The molecule has 4 heteroatoms. The van der Waals surface area contributed by atoms with E-state index in [1.54, 1.807) is 23.3 Å². The number of hydrogen-bond donors (Lipinski definition) is 2. The Kier molecular flexibility index (Phi) is 2.25. The summed E-state index contributed by atoms with van der Waals surface area (Å²) in [4.78, 5) is 0. The van der Waals surface area contributed by atoms with Gasteiger partial charge in [0.1, 0.15) is 0 Å². The molecule has 0 aromatic carbocycles. The van der Waals surface area contributed by atoms with Crippen LogP contribution in [0.2, 0.25) is 0 Å². The van der Waals surface area contributed by atoms with Crippen LogP contribution in [0.25, 0.3) is 6.20 Å². The summed E-state index contributed by atoms with van der Waals surface area (Å²) >= 11 is 0. The number of hydrogen-bond acceptors (Lipinski definition) is 2. The van der Waals surface area contributed by atoms with Crippen LogP contribution in [-0.4, -0.2) is 16.1 Å². The molecule has 1 rings (SSSR count). The second-order valence-corrected chi connectivity index (χ2v) is 1.61. The van der Waals surface area contributed by atoms with Crippen LogP contribution < -0.4 is 5.32 Å². The minimum absolute atomic E-state index is 1.10. The molecule has 1 aromatic heterocycles. The van der Waals surface area contributed by atoms with Crippen LogP contribution >= 0.6 is 0 Å². The predicted molar refractivity (Wildman–Crippen MR) is 39.5 cm³/mol. The molecule has 1 aromatic rings. The van der Waals surface area contributed by atoms with E-state index in [9.17, 15) is 0 Å². The van der Waals surface area contributed by atoms with Crippen molar-refractivity contribution in [3.8, 4) is 0 Å². The molecule has 0 aliphatic heterocycles. The van der Waals surface area contributed by atoms with Crippen molar-refractivity contribution < 1.29 is 0 Å². The minimum Gasteiger partial charge on any atom is -0.352 e. The van der Waals surface area contributed by atoms with Gasteiger partial charge in [0.2, 0.25) is 0 Å². The van der Waals surface area contributed by atoms with Gasteiger partial charge in [-0.2, -0.15) is 5.10 Å². The maximum Gasteiger partial charge on any atom is 0.0831 e. The van der Waals surface area contributed by atoms with Gasteiger partial charge in [0.25, 0.3) is 0 Å². The zero-order valence-electron chi connectivity index (χ0n) is 5.36. The first-order valence-electron chi connectivity index (χ1n) is 2.84. The van der Waals surface area contributed by atoms with Gasteiger partial charge in [-0.15, -0.1) is 0 Å². The highest BCUT2D eigenvalue weighted by atomic mass is 15.2. The molecule has 2 N–H and O–H groups in total. The molecule has 0 atom stereocenters. The average molecular weight is 136 g/mol. The highest BCUT2D eigenvalue weighted by molar-refractivity contribution is 5.52. The summed E-state index contributed by atoms with van der Waals surface area (Å²) in [7, 11) is 0. The topological polar surface area (TPSA) is 53.7 Å². The SMILES string of the molecule is N=CN/C=C\n1cccn1. The molecular weight excluding hydrogens is 128 g/mol. The van der Waals surface area contributed by atoms with Gasteiger partial charge in [0, 0.05) is 24.8 Å². The summed E-state index contributed by atoms with van der Waals surface area (Å²) in [5, 5.41) is 13.1. The van der Waals surface area contributed by atoms with Crippen LogP contribution in [0.4, 0.5) is 0 Å². The fourth-order valence-corrected chi connectivity index (χ4v) is 0.536. The Labute approximate surface area is 58.7 Å². The smallest absolute Gasteiger partial charge is 0.0831 e. The third-order valence-corrected chi connectivity index (χ3v) is 0.932. The molecule has 0 aliphatic carbocycles. The Bertz CT molecular complexity index is 212.